The van der Waals surface area contributed by atoms with Gasteiger partial charge in [-0.3, -0.25) is 72.2 Å². The molecule has 85 heavy (non-hydrogen) atoms. The molecule has 0 N–H and O–H groups in total. The summed E-state index contributed by atoms with van der Waals surface area (Å²) < 4.78 is 32.4. The van der Waals surface area contributed by atoms with Crippen LogP contribution in [-0.4, -0.2) is 187 Å². The van der Waals surface area contributed by atoms with E-state index in [0.717, 1.165) is 42.7 Å². The van der Waals surface area contributed by atoms with E-state index in [1.165, 1.54) is 27.7 Å². The van der Waals surface area contributed by atoms with Gasteiger partial charge in [0.15, 0.2) is 45.5 Å². The Morgan fingerprint density at radius 3 is 0.941 bits per heavy atom. The Morgan fingerprint density at radius 2 is 0.706 bits per heavy atom. The molecule has 2 atom stereocenters. The predicted octanol–water partition coefficient (Wildman–Crippen LogP) is 1.54. The second-order valence-electron chi connectivity index (χ2n) is 21.5. The Balaban J connectivity index is 0.000000532. The van der Waals surface area contributed by atoms with Crippen LogP contribution in [0.15, 0.2) is 62.3 Å². The topological polar surface area (TPSA) is 371 Å². The minimum atomic E-state index is -0.897. The second kappa shape index (κ2) is 29.8. The SMILES string of the molecule is C=C(C)C(=O)OCC(=O)N1C(=O)C(C)(C)C1(C)C.C=C(C)C(=O)OCC(=O)N1C(=O)CC1OC(C)=O.C=CC(=O)OCC(=O)N1C(=O)C(C)(C)C1(C)C.C=CC(=O)OCC(=O)N1C(=O)CC1(C)C.C=CC(=O)OCC(=O)N1C(=O)CC1OC(C)=O. The van der Waals surface area contributed by atoms with Crippen LogP contribution in [-0.2, 0) is 115 Å². The first-order valence-corrected chi connectivity index (χ1v) is 25.5. The third kappa shape index (κ3) is 18.3. The van der Waals surface area contributed by atoms with Crippen molar-refractivity contribution in [3.63, 3.8) is 0 Å². The van der Waals surface area contributed by atoms with Crippen LogP contribution >= 0.6 is 0 Å². The molecule has 0 aromatic heterocycles. The van der Waals surface area contributed by atoms with Gasteiger partial charge in [0.1, 0.15) is 0 Å². The van der Waals surface area contributed by atoms with Crippen molar-refractivity contribution in [3.05, 3.63) is 62.3 Å². The molecule has 5 fully saturated rings. The van der Waals surface area contributed by atoms with Crippen molar-refractivity contribution in [2.45, 2.75) is 145 Å². The number of hydrogen-bond donors (Lipinski definition) is 0. The maximum atomic E-state index is 11.9. The monoisotopic (exact) mass is 1200 g/mol. The molecule has 29 heteroatoms. The molecule has 0 saturated carbocycles. The number of esters is 7. The number of β-lactam (4-membered cyclic amide) rings is 5. The van der Waals surface area contributed by atoms with E-state index in [9.17, 15) is 81.5 Å². The number of carbonyl (C=O) groups is 17. The van der Waals surface area contributed by atoms with Crippen molar-refractivity contribution in [3.8, 4) is 0 Å². The molecular formula is C56H73N5O24. The first kappa shape index (κ1) is 73.7. The third-order valence-electron chi connectivity index (χ3n) is 13.7. The number of likely N-dealkylation sites (tertiary alicyclic amines) is 5. The molecule has 0 aliphatic carbocycles. The van der Waals surface area contributed by atoms with E-state index in [4.69, 9.17) is 14.2 Å². The van der Waals surface area contributed by atoms with Crippen LogP contribution in [0.4, 0.5) is 0 Å². The predicted molar refractivity (Wildman–Crippen MR) is 289 cm³/mol. The first-order chi connectivity index (χ1) is 38.8. The third-order valence-corrected chi connectivity index (χ3v) is 13.7. The highest BCUT2D eigenvalue weighted by Gasteiger charge is 2.64. The lowest BCUT2D eigenvalue weighted by Crippen LogP contribution is -2.75. The van der Waals surface area contributed by atoms with Crippen molar-refractivity contribution in [2.75, 3.05) is 33.0 Å². The van der Waals surface area contributed by atoms with Crippen molar-refractivity contribution >= 4 is 101 Å². The van der Waals surface area contributed by atoms with E-state index in [1.807, 2.05) is 27.7 Å². The van der Waals surface area contributed by atoms with Crippen molar-refractivity contribution in [2.24, 2.45) is 10.8 Å². The summed E-state index contributed by atoms with van der Waals surface area (Å²) in [4.78, 5) is 196. The van der Waals surface area contributed by atoms with Gasteiger partial charge in [-0.05, 0) is 83.1 Å². The molecule has 5 saturated heterocycles. The van der Waals surface area contributed by atoms with E-state index in [-0.39, 0.29) is 41.7 Å². The summed E-state index contributed by atoms with van der Waals surface area (Å²) in [6.45, 7) is 37.1. The van der Waals surface area contributed by atoms with Gasteiger partial charge in [-0.15, -0.1) is 0 Å². The molecule has 5 heterocycles. The minimum Gasteiger partial charge on any atom is -0.452 e. The molecule has 0 radical (unpaired) electrons. The van der Waals surface area contributed by atoms with Gasteiger partial charge >= 0.3 is 41.8 Å². The van der Waals surface area contributed by atoms with Gasteiger partial charge < -0.3 is 33.2 Å². The average Bonchev–Trinajstić information content (AvgIpc) is 0.973. The maximum absolute atomic E-state index is 11.9. The lowest BCUT2D eigenvalue weighted by molar-refractivity contribution is -0.191. The zero-order valence-electron chi connectivity index (χ0n) is 50.1. The highest BCUT2D eigenvalue weighted by Crippen LogP contribution is 2.48. The molecule has 5 rings (SSSR count). The highest BCUT2D eigenvalue weighted by atomic mass is 16.6. The number of hydrogen-bond acceptors (Lipinski definition) is 24. The van der Waals surface area contributed by atoms with E-state index in [2.05, 4.69) is 51.8 Å². The largest absolute Gasteiger partial charge is 0.452 e. The van der Waals surface area contributed by atoms with Gasteiger partial charge in [0.05, 0.1) is 46.7 Å². The summed E-state index contributed by atoms with van der Waals surface area (Å²) in [5.74, 6) is -9.30. The van der Waals surface area contributed by atoms with Gasteiger partial charge in [0, 0.05) is 43.2 Å². The van der Waals surface area contributed by atoms with Crippen LogP contribution in [0, 0.1) is 10.8 Å². The fourth-order valence-corrected chi connectivity index (χ4v) is 7.50. The molecule has 29 nitrogen and oxygen atoms in total. The summed E-state index contributed by atoms with van der Waals surface area (Å²) in [7, 11) is 0. The van der Waals surface area contributed by atoms with Crippen LogP contribution < -0.4 is 0 Å². The molecule has 5 aliphatic heterocycles. The zero-order valence-corrected chi connectivity index (χ0v) is 50.1. The van der Waals surface area contributed by atoms with Gasteiger partial charge in [-0.1, -0.05) is 32.9 Å². The molecule has 0 bridgehead atoms. The number of rotatable bonds is 17. The number of imide groups is 5. The van der Waals surface area contributed by atoms with Gasteiger partial charge in [-0.25, -0.2) is 33.8 Å². The molecule has 0 aromatic rings. The Bertz CT molecular complexity index is 2850. The average molecular weight is 1200 g/mol. The standard InChI is InChI=1S/C13H19NO4.C12H17NO4.C11H13NO6.C10H11NO6.C10H13NO4/c1-8(2)10(16)18-7-9(15)14-11(17)12(3,4)13(14,5)6;1-6-9(15)17-7-8(14)13-10(16)11(2,3)12(13,4)5;1-6(2)11(16)17-5-9(15)12-8(14)4-10(12)18-7(3)13;1-3-10(15)16-5-8(14)11-7(13)4-9(11)17-6(2)12;1-4-9(14)15-6-8(13)11-7(12)5-10(11,2)3/h1,7H2,2-6H3;6H,1,7H2,2-5H3;10H,1,4-5H2,2-3H3;3,9H,1,4-5H2,2H3;4H,1,5-6H2,2-3H3. The van der Waals surface area contributed by atoms with E-state index < -0.39 is 156 Å². The Hall–Kier alpha value is -9.31. The quantitative estimate of drug-likeness (QED) is 0.0862. The van der Waals surface area contributed by atoms with Crippen LogP contribution in [0.5, 0.6) is 0 Å². The highest BCUT2D eigenvalue weighted by molar-refractivity contribution is 6.07. The zero-order chi connectivity index (χ0) is 66.2. The van der Waals surface area contributed by atoms with Crippen molar-refractivity contribution < 1.29 is 115 Å². The fourth-order valence-electron chi connectivity index (χ4n) is 7.50. The summed E-state index contributed by atoms with van der Waals surface area (Å²) >= 11 is 0. The maximum Gasteiger partial charge on any atom is 0.333 e. The number of ether oxygens (including phenoxy) is 7. The molecular weight excluding hydrogens is 1130 g/mol. The lowest BCUT2D eigenvalue weighted by atomic mass is 9.64. The lowest BCUT2D eigenvalue weighted by Gasteiger charge is -2.58. The van der Waals surface area contributed by atoms with E-state index >= 15 is 0 Å². The Labute approximate surface area is 490 Å². The number of amides is 10. The van der Waals surface area contributed by atoms with Crippen molar-refractivity contribution in [1.29, 1.82) is 0 Å². The molecule has 5 aliphatic rings. The van der Waals surface area contributed by atoms with Gasteiger partial charge in [0.25, 0.3) is 29.5 Å². The van der Waals surface area contributed by atoms with Gasteiger partial charge in [-0.2, -0.15) is 0 Å². The number of nitrogens with zero attached hydrogens (tertiary/aromatic N) is 5. The second-order valence-corrected chi connectivity index (χ2v) is 21.5. The molecule has 0 spiro atoms. The van der Waals surface area contributed by atoms with E-state index in [1.54, 1.807) is 41.5 Å². The molecule has 0 aromatic carbocycles. The van der Waals surface area contributed by atoms with Crippen LogP contribution in [0.25, 0.3) is 0 Å². The molecule has 466 valence electrons. The smallest absolute Gasteiger partial charge is 0.333 e. The summed E-state index contributed by atoms with van der Waals surface area (Å²) in [5, 5.41) is 0. The fraction of sp³-hybridized carbons (Fsp3) is 0.518. The van der Waals surface area contributed by atoms with Crippen LogP contribution in [0.2, 0.25) is 0 Å². The summed E-state index contributed by atoms with van der Waals surface area (Å²) in [6.07, 6.45) is 1.31. The Kier molecular flexibility index (Phi) is 25.8. The first-order valence-electron chi connectivity index (χ1n) is 25.5. The summed E-state index contributed by atoms with van der Waals surface area (Å²) in [6, 6.07) is 0. The number of carbonyl (C=O) groups excluding carboxylic acids is 17. The minimum absolute atomic E-state index is 0.0409. The summed E-state index contributed by atoms with van der Waals surface area (Å²) in [5.41, 5.74) is -2.40. The molecule has 10 amide bonds. The van der Waals surface area contributed by atoms with Crippen molar-refractivity contribution in [1.82, 2.24) is 24.5 Å². The normalized spacial score (nSPS) is 18.9. The van der Waals surface area contributed by atoms with Crippen LogP contribution in [0.3, 0.4) is 0 Å². The van der Waals surface area contributed by atoms with Crippen LogP contribution in [0.1, 0.15) is 116 Å². The molecule has 2 unspecified atom stereocenters. The van der Waals surface area contributed by atoms with E-state index in [0.29, 0.717) is 6.42 Å². The Morgan fingerprint density at radius 1 is 0.435 bits per heavy atom. The van der Waals surface area contributed by atoms with Gasteiger partial charge in [0.2, 0.25) is 29.5 Å².